The summed E-state index contributed by atoms with van der Waals surface area (Å²) in [7, 11) is 0. The summed E-state index contributed by atoms with van der Waals surface area (Å²) in [6.07, 6.45) is 1.81. The minimum atomic E-state index is -0.520. The van der Waals surface area contributed by atoms with Gasteiger partial charge in [-0.25, -0.2) is 4.39 Å². The van der Waals surface area contributed by atoms with E-state index in [1.165, 1.54) is 29.0 Å². The Bertz CT molecular complexity index is 1440. The molecule has 7 heteroatoms. The number of benzene rings is 3. The number of carbonyl (C=O) groups excluding carboxylic acids is 3. The smallest absolute Gasteiger partial charge is 0.223 e. The Morgan fingerprint density at radius 2 is 1.52 bits per heavy atom. The highest BCUT2D eigenvalue weighted by atomic mass is 32.1. The predicted octanol–water partition coefficient (Wildman–Crippen LogP) is 6.91. The Kier molecular flexibility index (Phi) is 8.81. The third-order valence-electron chi connectivity index (χ3n) is 7.16. The van der Waals surface area contributed by atoms with Crippen molar-refractivity contribution in [2.45, 2.75) is 38.1 Å². The van der Waals surface area contributed by atoms with E-state index >= 15 is 0 Å². The highest BCUT2D eigenvalue weighted by molar-refractivity contribution is 7.12. The van der Waals surface area contributed by atoms with Crippen LogP contribution in [0.5, 0.6) is 11.5 Å². The van der Waals surface area contributed by atoms with Crippen molar-refractivity contribution in [2.24, 2.45) is 5.92 Å². The zero-order chi connectivity index (χ0) is 27.9. The maximum atomic E-state index is 13.5. The Morgan fingerprint density at radius 3 is 2.20 bits per heavy atom. The molecule has 2 heterocycles. The van der Waals surface area contributed by atoms with Crippen LogP contribution in [0.25, 0.3) is 0 Å². The molecule has 1 fully saturated rings. The highest BCUT2D eigenvalue weighted by Crippen LogP contribution is 2.30. The molecule has 1 aliphatic heterocycles. The van der Waals surface area contributed by atoms with E-state index < -0.39 is 6.04 Å². The summed E-state index contributed by atoms with van der Waals surface area (Å²) in [5, 5.41) is 1.85. The van der Waals surface area contributed by atoms with E-state index in [4.69, 9.17) is 4.74 Å². The van der Waals surface area contributed by atoms with E-state index in [-0.39, 0.29) is 48.5 Å². The molecule has 0 unspecified atom stereocenters. The fourth-order valence-electron chi connectivity index (χ4n) is 5.16. The Hall–Kier alpha value is -4.10. The Labute approximate surface area is 237 Å². The number of halogens is 1. The average Bonchev–Trinajstić information content (AvgIpc) is 3.66. The first-order valence-electron chi connectivity index (χ1n) is 13.4. The second kappa shape index (κ2) is 12.8. The number of likely N-dealkylation sites (tertiary alicyclic amines) is 1. The number of rotatable bonds is 11. The zero-order valence-corrected chi connectivity index (χ0v) is 22.8. The van der Waals surface area contributed by atoms with Crippen LogP contribution < -0.4 is 4.74 Å². The van der Waals surface area contributed by atoms with E-state index in [2.05, 4.69) is 12.1 Å². The van der Waals surface area contributed by atoms with E-state index in [1.807, 2.05) is 41.8 Å². The maximum Gasteiger partial charge on any atom is 0.223 e. The number of hydrogen-bond acceptors (Lipinski definition) is 5. The lowest BCUT2D eigenvalue weighted by Crippen LogP contribution is -2.41. The SMILES string of the molecule is O=C(CCC(=O)N1C[C@H](Cc2ccccc2)C[C@H]1C(=O)Cc1ccc(Oc2ccc(F)cc2)cc1)c1cccs1. The molecule has 0 radical (unpaired) electrons. The monoisotopic (exact) mass is 555 g/mol. The van der Waals surface area contributed by atoms with Gasteiger partial charge in [0.1, 0.15) is 17.3 Å². The van der Waals surface area contributed by atoms with E-state index in [0.717, 1.165) is 12.0 Å². The number of thiophene rings is 1. The molecule has 5 rings (SSSR count). The molecule has 1 amide bonds. The topological polar surface area (TPSA) is 63.7 Å². The van der Waals surface area contributed by atoms with Gasteiger partial charge in [-0.15, -0.1) is 11.3 Å². The van der Waals surface area contributed by atoms with Gasteiger partial charge in [0.25, 0.3) is 0 Å². The van der Waals surface area contributed by atoms with Gasteiger partial charge in [0.05, 0.1) is 10.9 Å². The molecule has 40 heavy (non-hydrogen) atoms. The standard InChI is InChI=1S/C33H30FNO4S/c34-26-10-14-28(15-11-26)39-27-12-8-24(9-13-27)21-31(37)29-20-25(19-23-5-2-1-3-6-23)22-35(29)33(38)17-16-30(36)32-7-4-18-40-32/h1-15,18,25,29H,16-17,19-22H2/t25-,29+/m1/s1. The molecule has 1 aromatic heterocycles. The van der Waals surface area contributed by atoms with Gasteiger partial charge in [-0.05, 0) is 77.7 Å². The number of Topliss-reactive ketones (excluding diaryl/α,β-unsaturated/α-hetero) is 2. The highest BCUT2D eigenvalue weighted by Gasteiger charge is 2.39. The molecular weight excluding hydrogens is 525 g/mol. The van der Waals surface area contributed by atoms with Gasteiger partial charge >= 0.3 is 0 Å². The van der Waals surface area contributed by atoms with Crippen LogP contribution >= 0.6 is 11.3 Å². The summed E-state index contributed by atoms with van der Waals surface area (Å²) < 4.78 is 18.9. The molecule has 0 spiro atoms. The second-order valence-electron chi connectivity index (χ2n) is 10.1. The molecule has 1 aliphatic rings. The van der Waals surface area contributed by atoms with Gasteiger partial charge < -0.3 is 9.64 Å². The number of ketones is 2. The summed E-state index contributed by atoms with van der Waals surface area (Å²) >= 11 is 1.37. The van der Waals surface area contributed by atoms with Gasteiger partial charge in [-0.1, -0.05) is 48.5 Å². The van der Waals surface area contributed by atoms with E-state index in [1.54, 1.807) is 35.2 Å². The van der Waals surface area contributed by atoms with Crippen LogP contribution in [0, 0.1) is 11.7 Å². The molecular formula is C33H30FNO4S. The van der Waals surface area contributed by atoms with Crippen LogP contribution in [0.15, 0.2) is 96.4 Å². The molecule has 0 N–H and O–H groups in total. The van der Waals surface area contributed by atoms with Crippen molar-refractivity contribution in [3.8, 4) is 11.5 Å². The van der Waals surface area contributed by atoms with Crippen LogP contribution in [0.1, 0.15) is 40.1 Å². The first-order valence-corrected chi connectivity index (χ1v) is 14.3. The second-order valence-corrected chi connectivity index (χ2v) is 11.0. The van der Waals surface area contributed by atoms with Gasteiger partial charge in [0.2, 0.25) is 5.91 Å². The Morgan fingerprint density at radius 1 is 0.825 bits per heavy atom. The molecule has 0 saturated carbocycles. The summed E-state index contributed by atoms with van der Waals surface area (Å²) in [6.45, 7) is 0.502. The molecule has 1 saturated heterocycles. The molecule has 2 atom stereocenters. The predicted molar refractivity (Wildman–Crippen MR) is 153 cm³/mol. The summed E-state index contributed by atoms with van der Waals surface area (Å²) in [5.41, 5.74) is 2.00. The molecule has 0 aliphatic carbocycles. The third kappa shape index (κ3) is 7.10. The molecule has 204 valence electrons. The van der Waals surface area contributed by atoms with Gasteiger partial charge in [-0.2, -0.15) is 0 Å². The van der Waals surface area contributed by atoms with Gasteiger partial charge in [0, 0.05) is 25.8 Å². The first kappa shape index (κ1) is 27.5. The lowest BCUT2D eigenvalue weighted by atomic mass is 9.94. The molecule has 5 nitrogen and oxygen atoms in total. The lowest BCUT2D eigenvalue weighted by molar-refractivity contribution is -0.137. The fraction of sp³-hybridized carbons (Fsp3) is 0.242. The van der Waals surface area contributed by atoms with Gasteiger partial charge in [0.15, 0.2) is 11.6 Å². The minimum absolute atomic E-state index is 0.0132. The lowest BCUT2D eigenvalue weighted by Gasteiger charge is -2.24. The van der Waals surface area contributed by atoms with Crippen molar-refractivity contribution >= 4 is 28.8 Å². The van der Waals surface area contributed by atoms with Crippen molar-refractivity contribution in [3.63, 3.8) is 0 Å². The van der Waals surface area contributed by atoms with Crippen LogP contribution in [0.4, 0.5) is 4.39 Å². The largest absolute Gasteiger partial charge is 0.457 e. The van der Waals surface area contributed by atoms with Crippen LogP contribution in [-0.2, 0) is 22.4 Å². The van der Waals surface area contributed by atoms with Crippen LogP contribution in [-0.4, -0.2) is 35.0 Å². The van der Waals surface area contributed by atoms with Crippen LogP contribution in [0.3, 0.4) is 0 Å². The van der Waals surface area contributed by atoms with Gasteiger partial charge in [-0.3, -0.25) is 14.4 Å². The summed E-state index contributed by atoms with van der Waals surface area (Å²) in [4.78, 5) is 41.7. The average molecular weight is 556 g/mol. The number of carbonyl (C=O) groups is 3. The molecule has 3 aromatic carbocycles. The third-order valence-corrected chi connectivity index (χ3v) is 8.07. The summed E-state index contributed by atoms with van der Waals surface area (Å²) in [5.74, 6) is 0.725. The molecule has 0 bridgehead atoms. The first-order chi connectivity index (χ1) is 19.4. The number of nitrogens with zero attached hydrogens (tertiary/aromatic N) is 1. The number of ether oxygens (including phenoxy) is 1. The Balaban J connectivity index is 1.24. The maximum absolute atomic E-state index is 13.5. The van der Waals surface area contributed by atoms with Crippen molar-refractivity contribution in [1.82, 2.24) is 4.90 Å². The van der Waals surface area contributed by atoms with Crippen LogP contribution in [0.2, 0.25) is 0 Å². The number of hydrogen-bond donors (Lipinski definition) is 0. The van der Waals surface area contributed by atoms with Crippen molar-refractivity contribution in [2.75, 3.05) is 6.54 Å². The van der Waals surface area contributed by atoms with Crippen molar-refractivity contribution in [3.05, 3.63) is 118 Å². The van der Waals surface area contributed by atoms with E-state index in [9.17, 15) is 18.8 Å². The van der Waals surface area contributed by atoms with E-state index in [0.29, 0.717) is 29.3 Å². The zero-order valence-electron chi connectivity index (χ0n) is 22.0. The van der Waals surface area contributed by atoms with Crippen molar-refractivity contribution in [1.29, 1.82) is 0 Å². The minimum Gasteiger partial charge on any atom is -0.457 e. The quantitative estimate of drug-likeness (QED) is 0.189. The van der Waals surface area contributed by atoms with Crippen molar-refractivity contribution < 1.29 is 23.5 Å². The normalized spacial score (nSPS) is 16.6. The fourth-order valence-corrected chi connectivity index (χ4v) is 5.85. The number of amides is 1. The molecule has 4 aromatic rings. The summed E-state index contributed by atoms with van der Waals surface area (Å²) in [6, 6.07) is 26.2.